The maximum atomic E-state index is 12.6. The van der Waals surface area contributed by atoms with Crippen molar-refractivity contribution in [2.45, 2.75) is 33.0 Å². The zero-order valence-corrected chi connectivity index (χ0v) is 16.2. The molecule has 0 radical (unpaired) electrons. The van der Waals surface area contributed by atoms with Gasteiger partial charge in [-0.05, 0) is 24.1 Å². The van der Waals surface area contributed by atoms with Crippen molar-refractivity contribution < 1.29 is 23.1 Å². The van der Waals surface area contributed by atoms with Gasteiger partial charge in [-0.2, -0.15) is 8.78 Å². The molecular weight excluding hydrogens is 390 g/mol. The van der Waals surface area contributed by atoms with Gasteiger partial charge in [-0.25, -0.2) is 0 Å². The molecule has 2 N–H and O–H groups in total. The van der Waals surface area contributed by atoms with Crippen LogP contribution in [0.5, 0.6) is 5.75 Å². The highest BCUT2D eigenvalue weighted by molar-refractivity contribution is 6.33. The van der Waals surface area contributed by atoms with Crippen LogP contribution in [0.1, 0.15) is 29.8 Å². The summed E-state index contributed by atoms with van der Waals surface area (Å²) in [4.78, 5) is 25.1. The lowest BCUT2D eigenvalue weighted by molar-refractivity contribution is -0.124. The summed E-state index contributed by atoms with van der Waals surface area (Å²) in [5, 5.41) is 5.60. The van der Waals surface area contributed by atoms with Crippen LogP contribution in [0.2, 0.25) is 5.02 Å². The first-order valence-electron chi connectivity index (χ1n) is 8.65. The predicted octanol–water partition coefficient (Wildman–Crippen LogP) is 4.01. The van der Waals surface area contributed by atoms with Crippen LogP contribution in [0.15, 0.2) is 48.5 Å². The van der Waals surface area contributed by atoms with Crippen molar-refractivity contribution in [3.8, 4) is 5.75 Å². The molecule has 1 atom stereocenters. The molecule has 0 saturated carbocycles. The third kappa shape index (κ3) is 5.92. The summed E-state index contributed by atoms with van der Waals surface area (Å²) in [6.07, 6.45) is 0. The molecule has 2 aromatic carbocycles. The van der Waals surface area contributed by atoms with Crippen LogP contribution < -0.4 is 15.4 Å². The predicted molar refractivity (Wildman–Crippen MR) is 102 cm³/mol. The van der Waals surface area contributed by atoms with E-state index in [0.29, 0.717) is 5.56 Å². The average Bonchev–Trinajstić information content (AvgIpc) is 2.64. The maximum Gasteiger partial charge on any atom is 0.387 e. The van der Waals surface area contributed by atoms with E-state index in [1.165, 1.54) is 6.07 Å². The lowest BCUT2D eigenvalue weighted by Crippen LogP contribution is -2.49. The number of carbonyl (C=O) groups excluding carboxylic acids is 2. The van der Waals surface area contributed by atoms with Gasteiger partial charge in [0.25, 0.3) is 5.91 Å². The summed E-state index contributed by atoms with van der Waals surface area (Å²) < 4.78 is 29.5. The Morgan fingerprint density at radius 2 is 1.71 bits per heavy atom. The van der Waals surface area contributed by atoms with E-state index in [0.717, 1.165) is 0 Å². The normalized spacial score (nSPS) is 12.0. The van der Waals surface area contributed by atoms with Gasteiger partial charge < -0.3 is 15.4 Å². The van der Waals surface area contributed by atoms with E-state index in [2.05, 4.69) is 15.4 Å². The van der Waals surface area contributed by atoms with Crippen LogP contribution >= 0.6 is 11.6 Å². The first-order chi connectivity index (χ1) is 13.3. The highest BCUT2D eigenvalue weighted by Crippen LogP contribution is 2.20. The second-order valence-corrected chi connectivity index (χ2v) is 6.79. The smallest absolute Gasteiger partial charge is 0.387 e. The molecule has 28 heavy (non-hydrogen) atoms. The molecule has 0 heterocycles. The minimum atomic E-state index is -2.96. The molecule has 150 valence electrons. The number of hydrogen-bond donors (Lipinski definition) is 2. The van der Waals surface area contributed by atoms with Gasteiger partial charge in [0.15, 0.2) is 0 Å². The van der Waals surface area contributed by atoms with E-state index in [9.17, 15) is 18.4 Å². The highest BCUT2D eigenvalue weighted by Gasteiger charge is 2.25. The molecule has 0 bridgehead atoms. The third-order valence-corrected chi connectivity index (χ3v) is 4.33. The van der Waals surface area contributed by atoms with Crippen molar-refractivity contribution in [1.82, 2.24) is 10.6 Å². The molecule has 2 amide bonds. The highest BCUT2D eigenvalue weighted by atomic mass is 35.5. The van der Waals surface area contributed by atoms with Crippen molar-refractivity contribution in [2.24, 2.45) is 5.92 Å². The molecule has 0 fully saturated rings. The second kappa shape index (κ2) is 10.0. The summed E-state index contributed by atoms with van der Waals surface area (Å²) in [5.41, 5.74) is 0.661. The van der Waals surface area contributed by atoms with Gasteiger partial charge in [-0.1, -0.05) is 55.8 Å². The van der Waals surface area contributed by atoms with Gasteiger partial charge in [0.2, 0.25) is 5.91 Å². The lowest BCUT2D eigenvalue weighted by atomic mass is 10.0. The van der Waals surface area contributed by atoms with E-state index in [-0.39, 0.29) is 28.8 Å². The molecule has 0 aliphatic rings. The monoisotopic (exact) mass is 410 g/mol. The minimum Gasteiger partial charge on any atom is -0.434 e. The van der Waals surface area contributed by atoms with Crippen LogP contribution in [-0.4, -0.2) is 24.5 Å². The lowest BCUT2D eigenvalue weighted by Gasteiger charge is -2.22. The number of para-hydroxylation sites is 1. The van der Waals surface area contributed by atoms with E-state index in [1.54, 1.807) is 56.3 Å². The molecule has 0 aliphatic carbocycles. The standard InChI is InChI=1S/C20H21ClF2N2O3/c1-12(2)17(25-18(26)14-8-4-5-9-15(14)21)19(27)24-11-13-7-3-6-10-16(13)28-20(22)23/h3-10,12,17,20H,11H2,1-2H3,(H,24,27)(H,25,26). The Kier molecular flexibility index (Phi) is 7.75. The number of ether oxygens (including phenoxy) is 1. The Labute approximate surface area is 167 Å². The molecule has 0 spiro atoms. The summed E-state index contributed by atoms with van der Waals surface area (Å²) >= 11 is 6.03. The molecule has 2 aromatic rings. The number of amides is 2. The van der Waals surface area contributed by atoms with Crippen LogP contribution in [0.3, 0.4) is 0 Å². The summed E-state index contributed by atoms with van der Waals surface area (Å²) in [5.74, 6) is -1.14. The van der Waals surface area contributed by atoms with Gasteiger partial charge in [0.1, 0.15) is 11.8 Å². The number of rotatable bonds is 8. The fourth-order valence-electron chi connectivity index (χ4n) is 2.55. The van der Waals surface area contributed by atoms with E-state index < -0.39 is 24.5 Å². The molecule has 2 rings (SSSR count). The molecule has 1 unspecified atom stereocenters. The fourth-order valence-corrected chi connectivity index (χ4v) is 2.77. The first kappa shape index (κ1) is 21.6. The summed E-state index contributed by atoms with van der Waals surface area (Å²) in [6, 6.07) is 11.9. The van der Waals surface area contributed by atoms with Crippen molar-refractivity contribution in [3.05, 3.63) is 64.7 Å². The second-order valence-electron chi connectivity index (χ2n) is 6.38. The Hall–Kier alpha value is -2.67. The van der Waals surface area contributed by atoms with Gasteiger partial charge in [0, 0.05) is 12.1 Å². The van der Waals surface area contributed by atoms with E-state index in [1.807, 2.05) is 0 Å². The largest absolute Gasteiger partial charge is 0.434 e. The van der Waals surface area contributed by atoms with Gasteiger partial charge >= 0.3 is 6.61 Å². The Morgan fingerprint density at radius 3 is 2.36 bits per heavy atom. The maximum absolute atomic E-state index is 12.6. The Bertz CT molecular complexity index is 831. The van der Waals surface area contributed by atoms with Crippen LogP contribution in [0, 0.1) is 5.92 Å². The quantitative estimate of drug-likeness (QED) is 0.691. The Balaban J connectivity index is 2.06. The minimum absolute atomic E-state index is 0.0148. The number of alkyl halides is 2. The van der Waals surface area contributed by atoms with Gasteiger partial charge in [0.05, 0.1) is 10.6 Å². The van der Waals surface area contributed by atoms with Crippen LogP contribution in [0.4, 0.5) is 8.78 Å². The third-order valence-electron chi connectivity index (χ3n) is 4.00. The topological polar surface area (TPSA) is 67.4 Å². The van der Waals surface area contributed by atoms with Crippen LogP contribution in [-0.2, 0) is 11.3 Å². The van der Waals surface area contributed by atoms with E-state index in [4.69, 9.17) is 11.6 Å². The van der Waals surface area contributed by atoms with Crippen molar-refractivity contribution in [1.29, 1.82) is 0 Å². The first-order valence-corrected chi connectivity index (χ1v) is 9.03. The zero-order valence-electron chi connectivity index (χ0n) is 15.4. The molecule has 0 aliphatic heterocycles. The summed E-state index contributed by atoms with van der Waals surface area (Å²) in [7, 11) is 0. The van der Waals surface area contributed by atoms with Crippen molar-refractivity contribution >= 4 is 23.4 Å². The number of nitrogens with one attached hydrogen (secondary N) is 2. The summed E-state index contributed by atoms with van der Waals surface area (Å²) in [6.45, 7) is 0.582. The zero-order chi connectivity index (χ0) is 20.7. The van der Waals surface area contributed by atoms with Crippen molar-refractivity contribution in [2.75, 3.05) is 0 Å². The molecule has 0 aromatic heterocycles. The van der Waals surface area contributed by atoms with Gasteiger partial charge in [-0.3, -0.25) is 9.59 Å². The number of benzene rings is 2. The molecule has 8 heteroatoms. The van der Waals surface area contributed by atoms with Gasteiger partial charge in [-0.15, -0.1) is 0 Å². The van der Waals surface area contributed by atoms with Crippen molar-refractivity contribution in [3.63, 3.8) is 0 Å². The Morgan fingerprint density at radius 1 is 1.07 bits per heavy atom. The number of carbonyl (C=O) groups is 2. The molecular formula is C20H21ClF2N2O3. The fraction of sp³-hybridized carbons (Fsp3) is 0.300. The SMILES string of the molecule is CC(C)C(NC(=O)c1ccccc1Cl)C(=O)NCc1ccccc1OC(F)F. The molecule has 5 nitrogen and oxygen atoms in total. The van der Waals surface area contributed by atoms with Crippen LogP contribution in [0.25, 0.3) is 0 Å². The molecule has 0 saturated heterocycles. The number of hydrogen-bond acceptors (Lipinski definition) is 3. The van der Waals surface area contributed by atoms with E-state index >= 15 is 0 Å². The average molecular weight is 411 g/mol. The number of halogens is 3.